The van der Waals surface area contributed by atoms with Gasteiger partial charge in [0.1, 0.15) is 18.4 Å². The van der Waals surface area contributed by atoms with E-state index in [0.717, 1.165) is 16.9 Å². The van der Waals surface area contributed by atoms with Crippen LogP contribution in [0.3, 0.4) is 0 Å². The van der Waals surface area contributed by atoms with Crippen molar-refractivity contribution < 1.29 is 13.9 Å². The Morgan fingerprint density at radius 2 is 2.00 bits per heavy atom. The number of nitrogens with zero attached hydrogens (tertiary/aromatic N) is 5. The Bertz CT molecular complexity index is 785. The minimum atomic E-state index is -0.0175. The van der Waals surface area contributed by atoms with Gasteiger partial charge in [-0.3, -0.25) is 0 Å². The molecule has 0 radical (unpaired) electrons. The Kier molecular flexibility index (Phi) is 4.85. The van der Waals surface area contributed by atoms with Crippen LogP contribution in [-0.2, 0) is 11.3 Å². The number of aromatic nitrogens is 5. The Hall–Kier alpha value is -2.74. The van der Waals surface area contributed by atoms with Gasteiger partial charge in [0, 0.05) is 12.7 Å². The molecular formula is C16H19N5O3. The zero-order valence-corrected chi connectivity index (χ0v) is 13.8. The molecule has 0 spiro atoms. The second-order valence-electron chi connectivity index (χ2n) is 5.42. The van der Waals surface area contributed by atoms with Gasteiger partial charge in [0.15, 0.2) is 0 Å². The lowest BCUT2D eigenvalue weighted by molar-refractivity contribution is 0.0916. The molecule has 1 atom stereocenters. The van der Waals surface area contributed by atoms with Gasteiger partial charge in [0.05, 0.1) is 19.0 Å². The summed E-state index contributed by atoms with van der Waals surface area (Å²) in [5.74, 6) is 1.72. The van der Waals surface area contributed by atoms with E-state index in [1.165, 1.54) is 4.80 Å². The minimum absolute atomic E-state index is 0.0175. The second-order valence-corrected chi connectivity index (χ2v) is 5.42. The summed E-state index contributed by atoms with van der Waals surface area (Å²) < 4.78 is 16.6. The average Bonchev–Trinajstić information content (AvgIpc) is 3.22. The molecule has 0 bridgehead atoms. The minimum Gasteiger partial charge on any atom is -0.488 e. The van der Waals surface area contributed by atoms with Gasteiger partial charge in [-0.1, -0.05) is 0 Å². The number of ether oxygens (including phenoxy) is 2. The molecule has 0 saturated heterocycles. The van der Waals surface area contributed by atoms with Crippen LogP contribution in [0.25, 0.3) is 11.5 Å². The quantitative estimate of drug-likeness (QED) is 0.656. The molecule has 3 aromatic rings. The molecule has 0 aliphatic carbocycles. The van der Waals surface area contributed by atoms with Crippen LogP contribution in [0.4, 0.5) is 0 Å². The van der Waals surface area contributed by atoms with Gasteiger partial charge in [-0.15, -0.1) is 10.2 Å². The van der Waals surface area contributed by atoms with Crippen LogP contribution < -0.4 is 4.74 Å². The van der Waals surface area contributed by atoms with E-state index in [1.807, 2.05) is 32.0 Å². The number of benzene rings is 1. The van der Waals surface area contributed by atoms with E-state index in [1.54, 1.807) is 19.5 Å². The van der Waals surface area contributed by atoms with Crippen LogP contribution >= 0.6 is 0 Å². The van der Waals surface area contributed by atoms with E-state index in [4.69, 9.17) is 13.9 Å². The predicted molar refractivity (Wildman–Crippen MR) is 85.6 cm³/mol. The van der Waals surface area contributed by atoms with Crippen molar-refractivity contribution in [3.05, 3.63) is 42.0 Å². The standard InChI is InChI=1S/C16H19N5O3/c1-11-8-13(4-5-14(11)23-12(2)10-22-3)16-20-19-15(24-16)9-21-17-6-7-18-21/h4-8,12H,9-10H2,1-3H3/t12-/m1/s1. The largest absolute Gasteiger partial charge is 0.488 e. The predicted octanol–water partition coefficient (Wildman–Crippen LogP) is 2.10. The molecule has 0 saturated carbocycles. The first-order valence-corrected chi connectivity index (χ1v) is 7.59. The number of rotatable bonds is 7. The first kappa shape index (κ1) is 16.1. The van der Waals surface area contributed by atoms with E-state index >= 15 is 0 Å². The molecule has 8 nitrogen and oxygen atoms in total. The van der Waals surface area contributed by atoms with E-state index in [2.05, 4.69) is 20.4 Å². The molecule has 0 N–H and O–H groups in total. The molecule has 2 heterocycles. The Balaban J connectivity index is 1.73. The van der Waals surface area contributed by atoms with Crippen LogP contribution in [0, 0.1) is 6.92 Å². The SMILES string of the molecule is COC[C@@H](C)Oc1ccc(-c2nnc(Cn3nccn3)o2)cc1C. The molecule has 0 unspecified atom stereocenters. The third kappa shape index (κ3) is 3.77. The monoisotopic (exact) mass is 329 g/mol. The fourth-order valence-corrected chi connectivity index (χ4v) is 2.28. The molecule has 126 valence electrons. The van der Waals surface area contributed by atoms with Crippen LogP contribution in [0.1, 0.15) is 18.4 Å². The molecule has 24 heavy (non-hydrogen) atoms. The summed E-state index contributed by atoms with van der Waals surface area (Å²) >= 11 is 0. The van der Waals surface area contributed by atoms with Crippen LogP contribution in [-0.4, -0.2) is 45.0 Å². The van der Waals surface area contributed by atoms with Crippen molar-refractivity contribution in [2.45, 2.75) is 26.5 Å². The smallest absolute Gasteiger partial charge is 0.247 e. The summed E-state index contributed by atoms with van der Waals surface area (Å²) in [6.45, 7) is 4.82. The van der Waals surface area contributed by atoms with Crippen molar-refractivity contribution in [2.75, 3.05) is 13.7 Å². The molecular weight excluding hydrogens is 310 g/mol. The first-order chi connectivity index (χ1) is 11.7. The average molecular weight is 329 g/mol. The van der Waals surface area contributed by atoms with Gasteiger partial charge < -0.3 is 13.9 Å². The number of methoxy groups -OCH3 is 1. The van der Waals surface area contributed by atoms with Crippen LogP contribution in [0.5, 0.6) is 5.75 Å². The Morgan fingerprint density at radius 1 is 1.21 bits per heavy atom. The van der Waals surface area contributed by atoms with E-state index < -0.39 is 0 Å². The van der Waals surface area contributed by atoms with Crippen molar-refractivity contribution in [1.29, 1.82) is 0 Å². The van der Waals surface area contributed by atoms with Crippen molar-refractivity contribution in [2.24, 2.45) is 0 Å². The fourth-order valence-electron chi connectivity index (χ4n) is 2.28. The maximum Gasteiger partial charge on any atom is 0.247 e. The highest BCUT2D eigenvalue weighted by atomic mass is 16.5. The van der Waals surface area contributed by atoms with E-state index in [-0.39, 0.29) is 6.10 Å². The Morgan fingerprint density at radius 3 is 2.71 bits per heavy atom. The topological polar surface area (TPSA) is 88.1 Å². The molecule has 0 amide bonds. The van der Waals surface area contributed by atoms with Crippen molar-refractivity contribution in [1.82, 2.24) is 25.2 Å². The lowest BCUT2D eigenvalue weighted by Crippen LogP contribution is -2.18. The van der Waals surface area contributed by atoms with Crippen LogP contribution in [0.2, 0.25) is 0 Å². The maximum absolute atomic E-state index is 5.84. The fraction of sp³-hybridized carbons (Fsp3) is 0.375. The van der Waals surface area contributed by atoms with Gasteiger partial charge in [0.25, 0.3) is 0 Å². The zero-order chi connectivity index (χ0) is 16.9. The molecule has 3 rings (SSSR count). The van der Waals surface area contributed by atoms with Crippen molar-refractivity contribution in [3.8, 4) is 17.2 Å². The van der Waals surface area contributed by atoms with Gasteiger partial charge in [-0.05, 0) is 37.6 Å². The van der Waals surface area contributed by atoms with Gasteiger partial charge in [-0.2, -0.15) is 15.0 Å². The maximum atomic E-state index is 5.84. The Labute approximate surface area is 139 Å². The van der Waals surface area contributed by atoms with Crippen molar-refractivity contribution >= 4 is 0 Å². The third-order valence-electron chi connectivity index (χ3n) is 3.36. The van der Waals surface area contributed by atoms with Gasteiger partial charge in [0.2, 0.25) is 11.8 Å². The summed E-state index contributed by atoms with van der Waals surface area (Å²) in [6.07, 6.45) is 3.18. The lowest BCUT2D eigenvalue weighted by Gasteiger charge is -2.15. The number of hydrogen-bond acceptors (Lipinski definition) is 7. The highest BCUT2D eigenvalue weighted by Crippen LogP contribution is 2.26. The lowest BCUT2D eigenvalue weighted by atomic mass is 10.1. The van der Waals surface area contributed by atoms with E-state index in [0.29, 0.717) is 24.9 Å². The number of aryl methyl sites for hydroxylation is 1. The van der Waals surface area contributed by atoms with E-state index in [9.17, 15) is 0 Å². The molecule has 0 aliphatic rings. The molecule has 1 aromatic carbocycles. The summed E-state index contributed by atoms with van der Waals surface area (Å²) in [4.78, 5) is 1.48. The highest BCUT2D eigenvalue weighted by molar-refractivity contribution is 5.56. The zero-order valence-electron chi connectivity index (χ0n) is 13.8. The highest BCUT2D eigenvalue weighted by Gasteiger charge is 2.12. The summed E-state index contributed by atoms with van der Waals surface area (Å²) in [5.41, 5.74) is 1.83. The molecule has 2 aromatic heterocycles. The van der Waals surface area contributed by atoms with Crippen LogP contribution in [0.15, 0.2) is 35.0 Å². The normalized spacial score (nSPS) is 12.3. The summed E-state index contributed by atoms with van der Waals surface area (Å²) in [5, 5.41) is 16.1. The molecule has 0 fully saturated rings. The van der Waals surface area contributed by atoms with Gasteiger partial charge in [-0.25, -0.2) is 0 Å². The summed E-state index contributed by atoms with van der Waals surface area (Å²) in [7, 11) is 1.65. The molecule has 0 aliphatic heterocycles. The molecule has 8 heteroatoms. The second kappa shape index (κ2) is 7.22. The summed E-state index contributed by atoms with van der Waals surface area (Å²) in [6, 6.07) is 5.75. The van der Waals surface area contributed by atoms with Gasteiger partial charge >= 0.3 is 0 Å². The first-order valence-electron chi connectivity index (χ1n) is 7.59. The van der Waals surface area contributed by atoms with Crippen molar-refractivity contribution in [3.63, 3.8) is 0 Å². The number of hydrogen-bond donors (Lipinski definition) is 0. The third-order valence-corrected chi connectivity index (χ3v) is 3.36.